The first-order valence-corrected chi connectivity index (χ1v) is 15.8. The van der Waals surface area contributed by atoms with E-state index in [9.17, 15) is 19.2 Å². The number of para-hydroxylation sites is 2. The van der Waals surface area contributed by atoms with Crippen molar-refractivity contribution >= 4 is 34.5 Å². The number of aromatic nitrogens is 4. The molecule has 1 saturated heterocycles. The van der Waals surface area contributed by atoms with E-state index in [1.54, 1.807) is 12.1 Å². The van der Waals surface area contributed by atoms with Gasteiger partial charge in [0.1, 0.15) is 17.9 Å². The van der Waals surface area contributed by atoms with Crippen LogP contribution < -0.4 is 10.6 Å². The van der Waals surface area contributed by atoms with E-state index in [0.717, 1.165) is 16.9 Å². The predicted octanol–water partition coefficient (Wildman–Crippen LogP) is 3.71. The zero-order valence-electron chi connectivity index (χ0n) is 26.9. The van der Waals surface area contributed by atoms with Crippen molar-refractivity contribution in [3.8, 4) is 11.5 Å². The molecule has 0 saturated carbocycles. The van der Waals surface area contributed by atoms with Crippen LogP contribution in [0.4, 0.5) is 0 Å². The van der Waals surface area contributed by atoms with Gasteiger partial charge >= 0.3 is 0 Å². The van der Waals surface area contributed by atoms with Gasteiger partial charge in [-0.15, -0.1) is 10.2 Å². The van der Waals surface area contributed by atoms with Gasteiger partial charge in [-0.3, -0.25) is 19.2 Å². The highest BCUT2D eigenvalue weighted by Gasteiger charge is 2.40. The highest BCUT2D eigenvalue weighted by molar-refractivity contribution is 6.00. The summed E-state index contributed by atoms with van der Waals surface area (Å²) in [5, 5.41) is 13.7. The second kappa shape index (κ2) is 14.1. The van der Waals surface area contributed by atoms with E-state index in [1.807, 2.05) is 81.8 Å². The van der Waals surface area contributed by atoms with Crippen LogP contribution in [0.15, 0.2) is 59.0 Å². The number of hydrogen-bond acceptors (Lipinski definition) is 8. The zero-order valence-corrected chi connectivity index (χ0v) is 26.9. The van der Waals surface area contributed by atoms with Crippen molar-refractivity contribution < 1.29 is 23.6 Å². The highest BCUT2D eigenvalue weighted by Crippen LogP contribution is 2.23. The summed E-state index contributed by atoms with van der Waals surface area (Å²) in [6.07, 6.45) is 1.65. The molecule has 3 heterocycles. The Morgan fingerprint density at radius 3 is 2.30 bits per heavy atom. The minimum Gasteiger partial charge on any atom is -0.414 e. The SMILES string of the molecule is CC(C)C(NC(=O)[C@@H]1CCCN1C(=O)C(NC(=O)CCc1nc2ccccc2n1C)C(C)C)C(=O)c1nnc(-c2ccccc2)o1. The lowest BCUT2D eigenvalue weighted by Gasteiger charge is -2.31. The molecule has 5 rings (SSSR count). The zero-order chi connectivity index (χ0) is 33.0. The van der Waals surface area contributed by atoms with Gasteiger partial charge in [-0.05, 0) is 48.9 Å². The minimum absolute atomic E-state index is 0.164. The number of aryl methyl sites for hydroxylation is 2. The van der Waals surface area contributed by atoms with E-state index >= 15 is 0 Å². The third-order valence-electron chi connectivity index (χ3n) is 8.45. The number of hydrogen-bond donors (Lipinski definition) is 2. The summed E-state index contributed by atoms with van der Waals surface area (Å²) < 4.78 is 7.63. The molecule has 2 aromatic heterocycles. The number of benzene rings is 2. The smallest absolute Gasteiger partial charge is 0.286 e. The van der Waals surface area contributed by atoms with Crippen molar-refractivity contribution in [3.05, 3.63) is 66.3 Å². The Kier molecular flexibility index (Phi) is 9.93. The molecule has 2 N–H and O–H groups in total. The van der Waals surface area contributed by atoms with E-state index in [-0.39, 0.29) is 41.9 Å². The van der Waals surface area contributed by atoms with Crippen molar-refractivity contribution in [3.63, 3.8) is 0 Å². The second-order valence-corrected chi connectivity index (χ2v) is 12.4. The number of ketones is 1. The van der Waals surface area contributed by atoms with Crippen LogP contribution in [0.3, 0.4) is 0 Å². The molecule has 2 aromatic carbocycles. The summed E-state index contributed by atoms with van der Waals surface area (Å²) in [6.45, 7) is 7.72. The number of imidazole rings is 1. The van der Waals surface area contributed by atoms with Crippen molar-refractivity contribution in [2.24, 2.45) is 18.9 Å². The Hall–Kier alpha value is -4.87. The maximum atomic E-state index is 13.8. The van der Waals surface area contributed by atoms with Crippen LogP contribution in [0.1, 0.15) is 63.5 Å². The van der Waals surface area contributed by atoms with Gasteiger partial charge in [-0.1, -0.05) is 58.0 Å². The van der Waals surface area contributed by atoms with E-state index in [2.05, 4.69) is 25.8 Å². The Morgan fingerprint density at radius 2 is 1.61 bits per heavy atom. The maximum Gasteiger partial charge on any atom is 0.286 e. The van der Waals surface area contributed by atoms with Crippen LogP contribution >= 0.6 is 0 Å². The number of rotatable bonds is 12. The lowest BCUT2D eigenvalue weighted by molar-refractivity contribution is -0.142. The monoisotopic (exact) mass is 627 g/mol. The average molecular weight is 628 g/mol. The van der Waals surface area contributed by atoms with Gasteiger partial charge in [-0.2, -0.15) is 0 Å². The molecule has 4 aromatic rings. The Balaban J connectivity index is 1.22. The Morgan fingerprint density at radius 1 is 0.913 bits per heavy atom. The first kappa shape index (κ1) is 32.5. The molecule has 0 spiro atoms. The number of likely N-dealkylation sites (tertiary alicyclic amines) is 1. The molecule has 0 bridgehead atoms. The van der Waals surface area contributed by atoms with Crippen LogP contribution in [0.25, 0.3) is 22.5 Å². The molecule has 0 aliphatic carbocycles. The number of Topliss-reactive ketones (excluding diaryl/α,β-unsaturated/α-hetero) is 1. The summed E-state index contributed by atoms with van der Waals surface area (Å²) >= 11 is 0. The standard InChI is InChI=1S/C34H41N7O5/c1-20(2)28(30(43)33-39-38-32(46-33)22-12-7-6-8-13-22)37-31(44)25-16-11-19-41(25)34(45)29(21(3)4)36-27(42)18-17-26-35-23-14-9-10-15-24(23)40(26)5/h6-10,12-15,20-21,25,28-29H,11,16-19H2,1-5H3,(H,36,42)(H,37,44)/t25-,28?,29?/m0/s1. The fraction of sp³-hybridized carbons (Fsp3) is 0.441. The highest BCUT2D eigenvalue weighted by atomic mass is 16.4. The summed E-state index contributed by atoms with van der Waals surface area (Å²) in [4.78, 5) is 60.0. The number of nitrogens with zero attached hydrogens (tertiary/aromatic N) is 5. The van der Waals surface area contributed by atoms with Gasteiger partial charge < -0.3 is 24.5 Å². The van der Waals surface area contributed by atoms with Crippen LogP contribution in [-0.2, 0) is 27.9 Å². The summed E-state index contributed by atoms with van der Waals surface area (Å²) in [7, 11) is 1.92. The fourth-order valence-corrected chi connectivity index (χ4v) is 5.82. The quantitative estimate of drug-likeness (QED) is 0.226. The molecule has 3 amide bonds. The number of amides is 3. The first-order valence-electron chi connectivity index (χ1n) is 15.8. The number of carbonyl (C=O) groups excluding carboxylic acids is 4. The molecule has 3 atom stereocenters. The molecular weight excluding hydrogens is 586 g/mol. The van der Waals surface area contributed by atoms with Crippen LogP contribution in [0.5, 0.6) is 0 Å². The van der Waals surface area contributed by atoms with Crippen molar-refractivity contribution in [1.82, 2.24) is 35.3 Å². The summed E-state index contributed by atoms with van der Waals surface area (Å²) in [6, 6.07) is 14.4. The number of fused-ring (bicyclic) bond motifs is 1. The molecular formula is C34H41N7O5. The van der Waals surface area contributed by atoms with E-state index in [1.165, 1.54) is 4.90 Å². The molecule has 1 aliphatic rings. The van der Waals surface area contributed by atoms with Crippen molar-refractivity contribution in [2.75, 3.05) is 6.54 Å². The number of nitrogens with one attached hydrogen (secondary N) is 2. The van der Waals surface area contributed by atoms with E-state index in [0.29, 0.717) is 31.4 Å². The maximum absolute atomic E-state index is 13.8. The lowest BCUT2D eigenvalue weighted by Crippen LogP contribution is -2.57. The van der Waals surface area contributed by atoms with Gasteiger partial charge in [0.25, 0.3) is 5.89 Å². The molecule has 0 radical (unpaired) electrons. The van der Waals surface area contributed by atoms with E-state index < -0.39 is 29.8 Å². The molecule has 1 fully saturated rings. The fourth-order valence-electron chi connectivity index (χ4n) is 5.82. The molecule has 12 nitrogen and oxygen atoms in total. The Bertz CT molecular complexity index is 1710. The molecule has 1 aliphatic heterocycles. The third-order valence-corrected chi connectivity index (χ3v) is 8.45. The van der Waals surface area contributed by atoms with Crippen LogP contribution in [-0.4, -0.2) is 72.8 Å². The lowest BCUT2D eigenvalue weighted by atomic mass is 9.98. The normalized spacial score (nSPS) is 16.2. The van der Waals surface area contributed by atoms with E-state index in [4.69, 9.17) is 4.42 Å². The largest absolute Gasteiger partial charge is 0.414 e. The van der Waals surface area contributed by atoms with Gasteiger partial charge in [0, 0.05) is 32.0 Å². The first-order chi connectivity index (χ1) is 22.0. The predicted molar refractivity (Wildman–Crippen MR) is 171 cm³/mol. The number of carbonyl (C=O) groups is 4. The molecule has 12 heteroatoms. The summed E-state index contributed by atoms with van der Waals surface area (Å²) in [5.74, 6) is -1.21. The van der Waals surface area contributed by atoms with Gasteiger partial charge in [-0.25, -0.2) is 4.98 Å². The van der Waals surface area contributed by atoms with Gasteiger partial charge in [0.05, 0.1) is 17.1 Å². The van der Waals surface area contributed by atoms with Gasteiger partial charge in [0.15, 0.2) is 0 Å². The van der Waals surface area contributed by atoms with Crippen LogP contribution in [0, 0.1) is 11.8 Å². The second-order valence-electron chi connectivity index (χ2n) is 12.4. The molecule has 242 valence electrons. The van der Waals surface area contributed by atoms with Crippen molar-refractivity contribution in [2.45, 2.75) is 71.5 Å². The molecule has 46 heavy (non-hydrogen) atoms. The summed E-state index contributed by atoms with van der Waals surface area (Å²) in [5.41, 5.74) is 2.53. The third kappa shape index (κ3) is 7.00. The molecule has 2 unspecified atom stereocenters. The topological polar surface area (TPSA) is 152 Å². The van der Waals surface area contributed by atoms with Gasteiger partial charge in [0.2, 0.25) is 29.4 Å². The Labute approximate surface area is 268 Å². The van der Waals surface area contributed by atoms with Crippen LogP contribution in [0.2, 0.25) is 0 Å². The minimum atomic E-state index is -0.933. The van der Waals surface area contributed by atoms with Crippen molar-refractivity contribution in [1.29, 1.82) is 0 Å². The average Bonchev–Trinajstić information content (AvgIpc) is 3.81.